The molecule has 0 aromatic carbocycles. The van der Waals surface area contributed by atoms with Gasteiger partial charge < -0.3 is 10.4 Å². The number of hydrogen-bond acceptors (Lipinski definition) is 2. The van der Waals surface area contributed by atoms with Crippen LogP contribution in [0.2, 0.25) is 0 Å². The molecule has 0 aromatic rings. The van der Waals surface area contributed by atoms with Gasteiger partial charge in [0, 0.05) is 6.04 Å². The summed E-state index contributed by atoms with van der Waals surface area (Å²) in [7, 11) is 0. The molecule has 1 saturated heterocycles. The molecule has 0 aromatic heterocycles. The predicted octanol–water partition coefficient (Wildman–Crippen LogP) is 0.591. The van der Waals surface area contributed by atoms with E-state index in [2.05, 4.69) is 5.32 Å². The van der Waals surface area contributed by atoms with Gasteiger partial charge in [-0.25, -0.2) is 0 Å². The van der Waals surface area contributed by atoms with Crippen molar-refractivity contribution in [3.63, 3.8) is 0 Å². The predicted molar refractivity (Wildman–Crippen MR) is 56.6 cm³/mol. The Morgan fingerprint density at radius 2 is 1.93 bits per heavy atom. The van der Waals surface area contributed by atoms with Crippen LogP contribution in [0.1, 0.15) is 32.1 Å². The Morgan fingerprint density at radius 1 is 1.21 bits per heavy atom. The molecule has 3 unspecified atom stereocenters. The molecule has 1 aliphatic heterocycles. The van der Waals surface area contributed by atoms with Gasteiger partial charge in [-0.05, 0) is 31.7 Å². The van der Waals surface area contributed by atoms with Crippen LogP contribution >= 0.6 is 0 Å². The Balaban J connectivity index is 0.000000980. The molecule has 1 aliphatic carbocycles. The number of fused-ring (bicyclic) bond motifs is 1. The standard InChI is InChI=1S/C10H17NO2.Na.H/c12-10(13)8-5-6-11-9-4-2-1-3-7(8)9;;/h7-9,11H,1-6H2,(H,12,13);;. The van der Waals surface area contributed by atoms with Crippen LogP contribution in [0, 0.1) is 11.8 Å². The van der Waals surface area contributed by atoms with Gasteiger partial charge in [-0.3, -0.25) is 4.79 Å². The first-order chi connectivity index (χ1) is 6.29. The number of carboxylic acid groups (broad SMARTS) is 1. The normalized spacial score (nSPS) is 36.7. The summed E-state index contributed by atoms with van der Waals surface area (Å²) in [5, 5.41) is 12.5. The Bertz CT molecular complexity index is 208. The van der Waals surface area contributed by atoms with Crippen LogP contribution in [-0.4, -0.2) is 53.2 Å². The van der Waals surface area contributed by atoms with Crippen LogP contribution in [0.25, 0.3) is 0 Å². The van der Waals surface area contributed by atoms with Gasteiger partial charge in [0.15, 0.2) is 0 Å². The second-order valence-corrected chi connectivity index (χ2v) is 4.24. The molecule has 76 valence electrons. The van der Waals surface area contributed by atoms with E-state index < -0.39 is 5.97 Å². The number of piperidine rings is 1. The van der Waals surface area contributed by atoms with Crippen LogP contribution in [-0.2, 0) is 4.79 Å². The van der Waals surface area contributed by atoms with Crippen LogP contribution in [0.4, 0.5) is 0 Å². The van der Waals surface area contributed by atoms with Crippen molar-refractivity contribution in [3.05, 3.63) is 0 Å². The Labute approximate surface area is 107 Å². The third kappa shape index (κ3) is 2.51. The summed E-state index contributed by atoms with van der Waals surface area (Å²) in [6.45, 7) is 0.887. The fourth-order valence-electron chi connectivity index (χ4n) is 2.84. The summed E-state index contributed by atoms with van der Waals surface area (Å²) in [6.07, 6.45) is 5.58. The van der Waals surface area contributed by atoms with Crippen molar-refractivity contribution >= 4 is 35.5 Å². The molecule has 4 heteroatoms. The fourth-order valence-corrected chi connectivity index (χ4v) is 2.84. The second-order valence-electron chi connectivity index (χ2n) is 4.24. The van der Waals surface area contributed by atoms with E-state index in [1.54, 1.807) is 0 Å². The molecule has 0 bridgehead atoms. The number of carbonyl (C=O) groups is 1. The van der Waals surface area contributed by atoms with Gasteiger partial charge >= 0.3 is 35.5 Å². The third-order valence-electron chi connectivity index (χ3n) is 3.52. The Hall–Kier alpha value is 0.430. The average molecular weight is 207 g/mol. The quantitative estimate of drug-likeness (QED) is 0.619. The van der Waals surface area contributed by atoms with Crippen LogP contribution in [0.15, 0.2) is 0 Å². The zero-order valence-corrected chi connectivity index (χ0v) is 7.83. The van der Waals surface area contributed by atoms with Crippen molar-refractivity contribution in [2.45, 2.75) is 38.1 Å². The summed E-state index contributed by atoms with van der Waals surface area (Å²) in [4.78, 5) is 11.0. The summed E-state index contributed by atoms with van der Waals surface area (Å²) in [6, 6.07) is 0.489. The molecule has 2 N–H and O–H groups in total. The molecule has 1 heterocycles. The second kappa shape index (κ2) is 5.50. The molecular weight excluding hydrogens is 189 g/mol. The number of aliphatic carboxylic acids is 1. The first kappa shape index (κ1) is 12.5. The van der Waals surface area contributed by atoms with Gasteiger partial charge in [0.25, 0.3) is 0 Å². The van der Waals surface area contributed by atoms with E-state index in [1.807, 2.05) is 0 Å². The van der Waals surface area contributed by atoms with E-state index in [9.17, 15) is 4.79 Å². The fraction of sp³-hybridized carbons (Fsp3) is 0.900. The van der Waals surface area contributed by atoms with Crippen molar-refractivity contribution in [2.75, 3.05) is 6.54 Å². The van der Waals surface area contributed by atoms with Crippen LogP contribution in [0.5, 0.6) is 0 Å². The Kier molecular flexibility index (Phi) is 4.91. The third-order valence-corrected chi connectivity index (χ3v) is 3.52. The maximum absolute atomic E-state index is 11.0. The number of nitrogens with one attached hydrogen (secondary N) is 1. The van der Waals surface area contributed by atoms with E-state index in [4.69, 9.17) is 5.11 Å². The summed E-state index contributed by atoms with van der Waals surface area (Å²) in [5.41, 5.74) is 0. The molecule has 3 nitrogen and oxygen atoms in total. The van der Waals surface area contributed by atoms with Crippen molar-refractivity contribution in [2.24, 2.45) is 11.8 Å². The van der Waals surface area contributed by atoms with E-state index in [-0.39, 0.29) is 35.5 Å². The minimum atomic E-state index is -0.585. The topological polar surface area (TPSA) is 49.3 Å². The molecule has 2 fully saturated rings. The number of carboxylic acids is 1. The number of rotatable bonds is 1. The van der Waals surface area contributed by atoms with E-state index in [0.29, 0.717) is 12.0 Å². The SMILES string of the molecule is O=C(O)C1CCNC2CCCCC21.[NaH]. The zero-order chi connectivity index (χ0) is 9.26. The zero-order valence-electron chi connectivity index (χ0n) is 7.83. The molecule has 14 heavy (non-hydrogen) atoms. The molecule has 2 aliphatic rings. The van der Waals surface area contributed by atoms with E-state index in [0.717, 1.165) is 19.4 Å². The van der Waals surface area contributed by atoms with E-state index in [1.165, 1.54) is 19.3 Å². The summed E-state index contributed by atoms with van der Waals surface area (Å²) in [5.74, 6) is -0.259. The monoisotopic (exact) mass is 207 g/mol. The number of hydrogen-bond donors (Lipinski definition) is 2. The summed E-state index contributed by atoms with van der Waals surface area (Å²) >= 11 is 0. The van der Waals surface area contributed by atoms with Gasteiger partial charge in [0.2, 0.25) is 0 Å². The molecule has 0 spiro atoms. The van der Waals surface area contributed by atoms with Crippen LogP contribution in [0.3, 0.4) is 0 Å². The average Bonchev–Trinajstić information content (AvgIpc) is 2.17. The molecule has 3 atom stereocenters. The minimum absolute atomic E-state index is 0. The first-order valence-corrected chi connectivity index (χ1v) is 5.25. The van der Waals surface area contributed by atoms with Gasteiger partial charge in [0.1, 0.15) is 0 Å². The molecule has 0 radical (unpaired) electrons. The first-order valence-electron chi connectivity index (χ1n) is 5.25. The Morgan fingerprint density at radius 3 is 2.64 bits per heavy atom. The molecule has 2 rings (SSSR count). The van der Waals surface area contributed by atoms with Crippen molar-refractivity contribution in [3.8, 4) is 0 Å². The molecule has 0 amide bonds. The maximum atomic E-state index is 11.0. The van der Waals surface area contributed by atoms with Gasteiger partial charge in [0.05, 0.1) is 5.92 Å². The van der Waals surface area contributed by atoms with Crippen molar-refractivity contribution < 1.29 is 9.90 Å². The van der Waals surface area contributed by atoms with Crippen molar-refractivity contribution in [1.82, 2.24) is 5.32 Å². The summed E-state index contributed by atoms with van der Waals surface area (Å²) < 4.78 is 0. The van der Waals surface area contributed by atoms with E-state index >= 15 is 0 Å². The molecule has 1 saturated carbocycles. The van der Waals surface area contributed by atoms with Gasteiger partial charge in [-0.15, -0.1) is 0 Å². The van der Waals surface area contributed by atoms with Crippen molar-refractivity contribution in [1.29, 1.82) is 0 Å². The van der Waals surface area contributed by atoms with Gasteiger partial charge in [-0.1, -0.05) is 12.8 Å². The van der Waals surface area contributed by atoms with Gasteiger partial charge in [-0.2, -0.15) is 0 Å². The molecular formula is C10H18NNaO2. The van der Waals surface area contributed by atoms with Crippen LogP contribution < -0.4 is 5.32 Å².